The van der Waals surface area contributed by atoms with Crippen LogP contribution >= 0.6 is 0 Å². The third-order valence-electron chi connectivity index (χ3n) is 4.59. The Kier molecular flexibility index (Phi) is 7.36. The van der Waals surface area contributed by atoms with Crippen LogP contribution in [0, 0.1) is 10.1 Å². The van der Waals surface area contributed by atoms with Crippen molar-refractivity contribution in [3.05, 3.63) is 70.0 Å². The number of carbonyl (C=O) groups excluding carboxylic acids is 1. The van der Waals surface area contributed by atoms with Gasteiger partial charge in [-0.05, 0) is 24.3 Å². The van der Waals surface area contributed by atoms with Gasteiger partial charge < -0.3 is 19.5 Å². The first-order valence-corrected chi connectivity index (χ1v) is 9.66. The normalized spacial score (nSPS) is 11.2. The highest BCUT2D eigenvalue weighted by Gasteiger charge is 2.35. The lowest BCUT2D eigenvalue weighted by atomic mass is 10.1. The average molecular weight is 480 g/mol. The predicted molar refractivity (Wildman–Crippen MR) is 114 cm³/mol. The molecule has 0 bridgehead atoms. The van der Waals surface area contributed by atoms with Gasteiger partial charge in [0.05, 0.1) is 41.6 Å². The number of aromatic nitrogens is 2. The van der Waals surface area contributed by atoms with E-state index in [1.165, 1.54) is 43.4 Å². The Balaban J connectivity index is 1.99. The van der Waals surface area contributed by atoms with E-state index >= 15 is 0 Å². The van der Waals surface area contributed by atoms with E-state index in [-0.39, 0.29) is 30.4 Å². The predicted octanol–water partition coefficient (Wildman–Crippen LogP) is 4.09. The third-order valence-corrected chi connectivity index (χ3v) is 4.59. The molecule has 0 atom stereocenters. The molecule has 2 aromatic carbocycles. The van der Waals surface area contributed by atoms with Crippen LogP contribution in [0.15, 0.2) is 48.8 Å². The molecular formula is C21H19F3N4O6. The summed E-state index contributed by atoms with van der Waals surface area (Å²) < 4.78 is 57.7. The smallest absolute Gasteiger partial charge is 0.418 e. The Hall–Kier alpha value is -4.13. The number of hydrogen-bond donors (Lipinski definition) is 1. The number of halogens is 3. The van der Waals surface area contributed by atoms with Crippen molar-refractivity contribution in [1.82, 2.24) is 9.78 Å². The Morgan fingerprint density at radius 3 is 2.53 bits per heavy atom. The molecule has 0 aliphatic heterocycles. The van der Waals surface area contributed by atoms with Crippen molar-refractivity contribution in [2.75, 3.05) is 32.8 Å². The first kappa shape index (κ1) is 24.5. The lowest BCUT2D eigenvalue weighted by molar-refractivity contribution is -0.385. The number of benzene rings is 2. The van der Waals surface area contributed by atoms with Gasteiger partial charge in [0, 0.05) is 25.6 Å². The monoisotopic (exact) mass is 480 g/mol. The van der Waals surface area contributed by atoms with Crippen molar-refractivity contribution in [3.63, 3.8) is 0 Å². The molecule has 0 radical (unpaired) electrons. The Labute approximate surface area is 191 Å². The SMILES string of the molecule is COCCOc1cc([N+](=O)[O-])c(C(=O)Nc2ccc(-n3cccn3)cc2C(F)(F)F)cc1OC. The lowest BCUT2D eigenvalue weighted by Gasteiger charge is -2.16. The first-order valence-electron chi connectivity index (χ1n) is 9.66. The number of carbonyl (C=O) groups is 1. The third kappa shape index (κ3) is 5.43. The van der Waals surface area contributed by atoms with Crippen LogP contribution in [0.1, 0.15) is 15.9 Å². The Morgan fingerprint density at radius 2 is 1.94 bits per heavy atom. The summed E-state index contributed by atoms with van der Waals surface area (Å²) in [5.41, 5.74) is -2.80. The van der Waals surface area contributed by atoms with Gasteiger partial charge in [-0.2, -0.15) is 18.3 Å². The number of anilines is 1. The van der Waals surface area contributed by atoms with Crippen LogP contribution in [0.3, 0.4) is 0 Å². The second-order valence-corrected chi connectivity index (χ2v) is 6.75. The molecule has 0 saturated carbocycles. The van der Waals surface area contributed by atoms with E-state index in [0.717, 1.165) is 24.3 Å². The molecule has 0 spiro atoms. The second-order valence-electron chi connectivity index (χ2n) is 6.75. The van der Waals surface area contributed by atoms with Crippen LogP contribution in [-0.4, -0.2) is 48.0 Å². The molecule has 1 amide bonds. The highest BCUT2D eigenvalue weighted by molar-refractivity contribution is 6.08. The van der Waals surface area contributed by atoms with Gasteiger partial charge in [0.25, 0.3) is 11.6 Å². The maximum Gasteiger partial charge on any atom is 0.418 e. The summed E-state index contributed by atoms with van der Waals surface area (Å²) >= 11 is 0. The van der Waals surface area contributed by atoms with E-state index in [1.54, 1.807) is 0 Å². The summed E-state index contributed by atoms with van der Waals surface area (Å²) in [5.74, 6) is -1.18. The summed E-state index contributed by atoms with van der Waals surface area (Å²) in [7, 11) is 2.69. The van der Waals surface area contributed by atoms with Crippen molar-refractivity contribution in [1.29, 1.82) is 0 Å². The molecule has 1 heterocycles. The van der Waals surface area contributed by atoms with Crippen molar-refractivity contribution in [2.24, 2.45) is 0 Å². The molecule has 3 rings (SSSR count). The first-order chi connectivity index (χ1) is 16.2. The molecule has 0 aliphatic rings. The minimum atomic E-state index is -4.82. The van der Waals surface area contributed by atoms with Gasteiger partial charge in [-0.15, -0.1) is 0 Å². The second kappa shape index (κ2) is 10.2. The molecule has 1 N–H and O–H groups in total. The van der Waals surface area contributed by atoms with E-state index in [9.17, 15) is 28.1 Å². The van der Waals surface area contributed by atoms with Crippen molar-refractivity contribution < 1.29 is 37.1 Å². The fourth-order valence-electron chi connectivity index (χ4n) is 3.02. The van der Waals surface area contributed by atoms with E-state index in [1.807, 2.05) is 0 Å². The number of nitrogens with zero attached hydrogens (tertiary/aromatic N) is 3. The molecule has 34 heavy (non-hydrogen) atoms. The van der Waals surface area contributed by atoms with Crippen LogP contribution in [0.25, 0.3) is 5.69 Å². The minimum Gasteiger partial charge on any atom is -0.493 e. The zero-order valence-corrected chi connectivity index (χ0v) is 18.0. The van der Waals surface area contributed by atoms with Crippen LogP contribution in [0.2, 0.25) is 0 Å². The summed E-state index contributed by atoms with van der Waals surface area (Å²) in [5, 5.41) is 17.6. The number of ether oxygens (including phenoxy) is 3. The molecule has 13 heteroatoms. The number of nitro groups is 1. The fraction of sp³-hybridized carbons (Fsp3) is 0.238. The summed E-state index contributed by atoms with van der Waals surface area (Å²) in [6.45, 7) is 0.237. The van der Waals surface area contributed by atoms with Gasteiger partial charge in [0.1, 0.15) is 12.2 Å². The average Bonchev–Trinajstić information content (AvgIpc) is 3.33. The molecular weight excluding hydrogens is 461 g/mol. The highest BCUT2D eigenvalue weighted by Crippen LogP contribution is 2.38. The highest BCUT2D eigenvalue weighted by atomic mass is 19.4. The summed E-state index contributed by atoms with van der Waals surface area (Å²) in [4.78, 5) is 23.6. The number of hydrogen-bond acceptors (Lipinski definition) is 7. The maximum absolute atomic E-state index is 13.7. The minimum absolute atomic E-state index is 0.0167. The van der Waals surface area contributed by atoms with Gasteiger partial charge in [-0.25, -0.2) is 4.68 Å². The topological polar surface area (TPSA) is 118 Å². The number of nitro benzene ring substituents is 1. The van der Waals surface area contributed by atoms with Gasteiger partial charge >= 0.3 is 6.18 Å². The number of methoxy groups -OCH3 is 2. The molecule has 0 fully saturated rings. The summed E-state index contributed by atoms with van der Waals surface area (Å²) in [6, 6.07) is 6.71. The number of amides is 1. The standard InChI is InChI=1S/C21H19F3N4O6/c1-32-8-9-34-19-12-17(28(30)31)14(11-18(19)33-2)20(29)26-16-5-4-13(27-7-3-6-25-27)10-15(16)21(22,23)24/h3-7,10-12H,8-9H2,1-2H3,(H,26,29). The molecule has 180 valence electrons. The fourth-order valence-corrected chi connectivity index (χ4v) is 3.02. The molecule has 3 aromatic rings. The largest absolute Gasteiger partial charge is 0.493 e. The zero-order valence-electron chi connectivity index (χ0n) is 18.0. The van der Waals surface area contributed by atoms with Gasteiger partial charge in [-0.1, -0.05) is 0 Å². The molecule has 0 saturated heterocycles. The maximum atomic E-state index is 13.7. The van der Waals surface area contributed by atoms with Crippen LogP contribution in [0.4, 0.5) is 24.5 Å². The van der Waals surface area contributed by atoms with Crippen LogP contribution in [-0.2, 0) is 10.9 Å². The Bertz CT molecular complexity index is 1180. The number of alkyl halides is 3. The van der Waals surface area contributed by atoms with Gasteiger partial charge in [0.2, 0.25) is 0 Å². The molecule has 1 aromatic heterocycles. The van der Waals surface area contributed by atoms with Gasteiger partial charge in [0.15, 0.2) is 11.5 Å². The van der Waals surface area contributed by atoms with Crippen LogP contribution < -0.4 is 14.8 Å². The zero-order chi connectivity index (χ0) is 24.9. The number of rotatable bonds is 9. The van der Waals surface area contributed by atoms with Crippen molar-refractivity contribution in [3.8, 4) is 17.2 Å². The Morgan fingerprint density at radius 1 is 1.18 bits per heavy atom. The van der Waals surface area contributed by atoms with E-state index in [4.69, 9.17) is 14.2 Å². The van der Waals surface area contributed by atoms with Crippen molar-refractivity contribution in [2.45, 2.75) is 6.18 Å². The van der Waals surface area contributed by atoms with Crippen LogP contribution in [0.5, 0.6) is 11.5 Å². The molecule has 0 aliphatic carbocycles. The lowest BCUT2D eigenvalue weighted by Crippen LogP contribution is -2.18. The van der Waals surface area contributed by atoms with E-state index in [0.29, 0.717) is 0 Å². The summed E-state index contributed by atoms with van der Waals surface area (Å²) in [6.07, 6.45) is -1.97. The van der Waals surface area contributed by atoms with E-state index < -0.39 is 39.5 Å². The number of nitrogens with one attached hydrogen (secondary N) is 1. The molecule has 0 unspecified atom stereocenters. The van der Waals surface area contributed by atoms with Crippen molar-refractivity contribution >= 4 is 17.3 Å². The quantitative estimate of drug-likeness (QED) is 0.279. The van der Waals surface area contributed by atoms with E-state index in [2.05, 4.69) is 10.4 Å². The molecule has 10 nitrogen and oxygen atoms in total. The van der Waals surface area contributed by atoms with Gasteiger partial charge in [-0.3, -0.25) is 14.9 Å².